The average Bonchev–Trinajstić information content (AvgIpc) is 2.20. The van der Waals surface area contributed by atoms with Gasteiger partial charge in [0.25, 0.3) is 0 Å². The van der Waals surface area contributed by atoms with Gasteiger partial charge in [-0.2, -0.15) is 11.8 Å². The summed E-state index contributed by atoms with van der Waals surface area (Å²) in [6.45, 7) is 8.02. The first-order chi connectivity index (χ1) is 6.74. The van der Waals surface area contributed by atoms with Crippen LogP contribution in [0.4, 0.5) is 0 Å². The first-order valence-corrected chi connectivity index (χ1v) is 6.82. The van der Waals surface area contributed by atoms with Crippen molar-refractivity contribution in [3.8, 4) is 0 Å². The van der Waals surface area contributed by atoms with E-state index in [9.17, 15) is 0 Å². The van der Waals surface area contributed by atoms with Crippen LogP contribution in [0, 0.1) is 0 Å². The van der Waals surface area contributed by atoms with Crippen molar-refractivity contribution < 1.29 is 0 Å². The number of rotatable bonds is 5. The van der Waals surface area contributed by atoms with Crippen LogP contribution in [0.5, 0.6) is 0 Å². The van der Waals surface area contributed by atoms with E-state index in [-0.39, 0.29) is 0 Å². The van der Waals surface area contributed by atoms with Crippen LogP contribution in [0.15, 0.2) is 0 Å². The van der Waals surface area contributed by atoms with Crippen molar-refractivity contribution in [2.45, 2.75) is 38.0 Å². The maximum Gasteiger partial charge on any atom is 0.0184 e. The molecule has 1 fully saturated rings. The molecule has 14 heavy (non-hydrogen) atoms. The lowest BCUT2D eigenvalue weighted by Gasteiger charge is -2.29. The zero-order valence-electron chi connectivity index (χ0n) is 9.75. The molecular weight excluding hydrogens is 192 g/mol. The lowest BCUT2D eigenvalue weighted by Crippen LogP contribution is -2.42. The molecule has 2 nitrogen and oxygen atoms in total. The van der Waals surface area contributed by atoms with Crippen LogP contribution >= 0.6 is 11.8 Å². The predicted octanol–water partition coefficient (Wildman–Crippen LogP) is 1.81. The largest absolute Gasteiger partial charge is 0.312 e. The van der Waals surface area contributed by atoms with Crippen molar-refractivity contribution in [3.05, 3.63) is 0 Å². The zero-order chi connectivity index (χ0) is 10.4. The molecule has 2 unspecified atom stereocenters. The third kappa shape index (κ3) is 4.20. The van der Waals surface area contributed by atoms with Gasteiger partial charge in [0, 0.05) is 24.4 Å². The normalized spacial score (nSPS) is 28.3. The van der Waals surface area contributed by atoms with E-state index in [1.165, 1.54) is 25.1 Å². The maximum atomic E-state index is 3.67. The molecule has 0 spiro atoms. The first kappa shape index (κ1) is 12.3. The summed E-state index contributed by atoms with van der Waals surface area (Å²) >= 11 is 2.11. The quantitative estimate of drug-likeness (QED) is 0.754. The Morgan fingerprint density at radius 1 is 1.50 bits per heavy atom. The van der Waals surface area contributed by atoms with Gasteiger partial charge in [0.2, 0.25) is 0 Å². The van der Waals surface area contributed by atoms with Gasteiger partial charge in [0.15, 0.2) is 0 Å². The van der Waals surface area contributed by atoms with Crippen LogP contribution in [0.25, 0.3) is 0 Å². The summed E-state index contributed by atoms with van der Waals surface area (Å²) in [5.41, 5.74) is 0. The zero-order valence-corrected chi connectivity index (χ0v) is 10.6. The highest BCUT2D eigenvalue weighted by atomic mass is 32.2. The Morgan fingerprint density at radius 2 is 2.29 bits per heavy atom. The summed E-state index contributed by atoms with van der Waals surface area (Å²) < 4.78 is 0. The molecule has 0 amide bonds. The molecule has 0 aromatic carbocycles. The second kappa shape index (κ2) is 6.70. The van der Waals surface area contributed by atoms with E-state index < -0.39 is 0 Å². The summed E-state index contributed by atoms with van der Waals surface area (Å²) in [5, 5.41) is 4.48. The smallest absolute Gasteiger partial charge is 0.0184 e. The van der Waals surface area contributed by atoms with Crippen LogP contribution in [0.3, 0.4) is 0 Å². The maximum absolute atomic E-state index is 3.67. The van der Waals surface area contributed by atoms with Crippen molar-refractivity contribution in [3.63, 3.8) is 0 Å². The molecule has 1 aliphatic rings. The Hall–Kier alpha value is 0.270. The molecule has 0 aromatic heterocycles. The molecule has 1 heterocycles. The minimum absolute atomic E-state index is 0.749. The monoisotopic (exact) mass is 216 g/mol. The second-order valence-electron chi connectivity index (χ2n) is 4.17. The van der Waals surface area contributed by atoms with Gasteiger partial charge in [0.1, 0.15) is 0 Å². The molecule has 0 saturated carbocycles. The standard InChI is InChI=1S/C11H24N2S/c1-4-13(3)8-7-12-11-6-5-9-14-10(11)2/h10-12H,4-9H2,1-3H3. The number of likely N-dealkylation sites (N-methyl/N-ethyl adjacent to an activating group) is 1. The topological polar surface area (TPSA) is 15.3 Å². The molecule has 1 aliphatic heterocycles. The van der Waals surface area contributed by atoms with Gasteiger partial charge in [-0.1, -0.05) is 13.8 Å². The fourth-order valence-electron chi connectivity index (χ4n) is 1.79. The number of hydrogen-bond donors (Lipinski definition) is 1. The molecule has 3 heteroatoms. The van der Waals surface area contributed by atoms with Gasteiger partial charge >= 0.3 is 0 Å². The Kier molecular flexibility index (Phi) is 5.90. The van der Waals surface area contributed by atoms with E-state index in [2.05, 4.69) is 42.9 Å². The first-order valence-electron chi connectivity index (χ1n) is 5.77. The van der Waals surface area contributed by atoms with Crippen molar-refractivity contribution >= 4 is 11.8 Å². The highest BCUT2D eigenvalue weighted by molar-refractivity contribution is 7.99. The van der Waals surface area contributed by atoms with Crippen molar-refractivity contribution in [1.29, 1.82) is 0 Å². The molecule has 1 rings (SSSR count). The SMILES string of the molecule is CCN(C)CCNC1CCCSC1C. The molecule has 0 aliphatic carbocycles. The molecule has 0 bridgehead atoms. The number of thioether (sulfide) groups is 1. The predicted molar refractivity (Wildman–Crippen MR) is 66.1 cm³/mol. The van der Waals surface area contributed by atoms with E-state index in [0.29, 0.717) is 0 Å². The highest BCUT2D eigenvalue weighted by Crippen LogP contribution is 2.24. The van der Waals surface area contributed by atoms with E-state index in [4.69, 9.17) is 0 Å². The third-order valence-electron chi connectivity index (χ3n) is 3.05. The van der Waals surface area contributed by atoms with Gasteiger partial charge in [0.05, 0.1) is 0 Å². The van der Waals surface area contributed by atoms with Gasteiger partial charge in [-0.25, -0.2) is 0 Å². The van der Waals surface area contributed by atoms with Crippen LogP contribution in [0.2, 0.25) is 0 Å². The number of nitrogens with zero attached hydrogens (tertiary/aromatic N) is 1. The fourth-order valence-corrected chi connectivity index (χ4v) is 2.96. The summed E-state index contributed by atoms with van der Waals surface area (Å²) in [6.07, 6.45) is 2.75. The molecule has 1 N–H and O–H groups in total. The minimum Gasteiger partial charge on any atom is -0.312 e. The molecular formula is C11H24N2S. The van der Waals surface area contributed by atoms with E-state index in [0.717, 1.165) is 24.4 Å². The molecule has 84 valence electrons. The molecule has 0 radical (unpaired) electrons. The van der Waals surface area contributed by atoms with Crippen LogP contribution in [-0.2, 0) is 0 Å². The second-order valence-corrected chi connectivity index (χ2v) is 5.66. The Morgan fingerprint density at radius 3 is 2.93 bits per heavy atom. The summed E-state index contributed by atoms with van der Waals surface area (Å²) in [4.78, 5) is 2.35. The van der Waals surface area contributed by atoms with E-state index in [1.54, 1.807) is 0 Å². The summed E-state index contributed by atoms with van der Waals surface area (Å²) in [5.74, 6) is 1.36. The molecule has 2 atom stereocenters. The van der Waals surface area contributed by atoms with Crippen molar-refractivity contribution in [2.24, 2.45) is 0 Å². The van der Waals surface area contributed by atoms with E-state index >= 15 is 0 Å². The Balaban J connectivity index is 2.10. The van der Waals surface area contributed by atoms with Gasteiger partial charge in [-0.15, -0.1) is 0 Å². The van der Waals surface area contributed by atoms with E-state index in [1.807, 2.05) is 0 Å². The van der Waals surface area contributed by atoms with Crippen LogP contribution in [0.1, 0.15) is 26.7 Å². The van der Waals surface area contributed by atoms with Crippen LogP contribution < -0.4 is 5.32 Å². The lowest BCUT2D eigenvalue weighted by atomic mass is 10.1. The fraction of sp³-hybridized carbons (Fsp3) is 1.00. The Bertz CT molecular complexity index is 152. The molecule has 0 aromatic rings. The Labute approximate surface area is 92.8 Å². The van der Waals surface area contributed by atoms with Crippen molar-refractivity contribution in [2.75, 3.05) is 32.4 Å². The highest BCUT2D eigenvalue weighted by Gasteiger charge is 2.20. The van der Waals surface area contributed by atoms with Gasteiger partial charge < -0.3 is 10.2 Å². The lowest BCUT2D eigenvalue weighted by molar-refractivity contribution is 0.334. The summed E-state index contributed by atoms with van der Waals surface area (Å²) in [6, 6.07) is 0.749. The summed E-state index contributed by atoms with van der Waals surface area (Å²) in [7, 11) is 2.18. The van der Waals surface area contributed by atoms with Crippen LogP contribution in [-0.4, -0.2) is 48.6 Å². The van der Waals surface area contributed by atoms with Crippen molar-refractivity contribution in [1.82, 2.24) is 10.2 Å². The van der Waals surface area contributed by atoms with Gasteiger partial charge in [-0.3, -0.25) is 0 Å². The van der Waals surface area contributed by atoms with Gasteiger partial charge in [-0.05, 0) is 32.2 Å². The average molecular weight is 216 g/mol. The minimum atomic E-state index is 0.749. The molecule has 1 saturated heterocycles. The third-order valence-corrected chi connectivity index (χ3v) is 4.43. The number of hydrogen-bond acceptors (Lipinski definition) is 3. The number of nitrogens with one attached hydrogen (secondary N) is 1.